The van der Waals surface area contributed by atoms with Gasteiger partial charge in [0.05, 0.1) is 12.2 Å². The number of aldehydes is 1. The summed E-state index contributed by atoms with van der Waals surface area (Å²) in [5.41, 5.74) is -0.989. The lowest BCUT2D eigenvalue weighted by molar-refractivity contribution is -0.0155. The van der Waals surface area contributed by atoms with Crippen LogP contribution in [0.4, 0.5) is 8.78 Å². The Hall–Kier alpha value is -1.37. The molecule has 0 saturated heterocycles. The molecule has 2 unspecified atom stereocenters. The molecule has 0 heterocycles. The molecule has 0 bridgehead atoms. The molecular formula is C10H10F2O4. The van der Waals surface area contributed by atoms with E-state index >= 15 is 0 Å². The lowest BCUT2D eigenvalue weighted by Crippen LogP contribution is -2.22. The minimum atomic E-state index is -1.62. The van der Waals surface area contributed by atoms with Crippen LogP contribution in [-0.4, -0.2) is 34.3 Å². The molecule has 4 nitrogen and oxygen atoms in total. The largest absolute Gasteiger partial charge is 0.394 e. The summed E-state index contributed by atoms with van der Waals surface area (Å²) >= 11 is 0. The molecule has 0 radical (unpaired) electrons. The number of benzene rings is 1. The monoisotopic (exact) mass is 232 g/mol. The van der Waals surface area contributed by atoms with Gasteiger partial charge in [-0.15, -0.1) is 0 Å². The number of carbonyl (C=O) groups excluding carboxylic acids is 1. The van der Waals surface area contributed by atoms with Crippen molar-refractivity contribution in [3.05, 3.63) is 34.9 Å². The predicted octanol–water partition coefficient (Wildman–Crippen LogP) is 0.164. The van der Waals surface area contributed by atoms with Crippen molar-refractivity contribution in [2.24, 2.45) is 0 Å². The molecule has 0 aromatic heterocycles. The second-order valence-electron chi connectivity index (χ2n) is 3.21. The van der Waals surface area contributed by atoms with Gasteiger partial charge in [-0.1, -0.05) is 0 Å². The van der Waals surface area contributed by atoms with Crippen LogP contribution in [0, 0.1) is 11.6 Å². The van der Waals surface area contributed by atoms with E-state index in [1.807, 2.05) is 0 Å². The first-order valence-electron chi connectivity index (χ1n) is 4.42. The highest BCUT2D eigenvalue weighted by molar-refractivity contribution is 5.75. The molecular weight excluding hydrogens is 222 g/mol. The summed E-state index contributed by atoms with van der Waals surface area (Å²) in [5, 5.41) is 27.0. The number of aliphatic hydroxyl groups excluding tert-OH is 3. The Labute approximate surface area is 89.8 Å². The highest BCUT2D eigenvalue weighted by Gasteiger charge is 2.20. The Kier molecular flexibility index (Phi) is 4.05. The highest BCUT2D eigenvalue weighted by atomic mass is 19.1. The maximum atomic E-state index is 13.1. The second-order valence-corrected chi connectivity index (χ2v) is 3.21. The number of halogens is 2. The molecule has 0 amide bonds. The van der Waals surface area contributed by atoms with E-state index in [0.29, 0.717) is 0 Å². The number of aliphatic hydroxyl groups is 3. The predicted molar refractivity (Wildman–Crippen MR) is 49.8 cm³/mol. The van der Waals surface area contributed by atoms with Crippen molar-refractivity contribution in [2.45, 2.75) is 12.2 Å². The molecule has 0 saturated carbocycles. The fourth-order valence-corrected chi connectivity index (χ4v) is 1.21. The van der Waals surface area contributed by atoms with Crippen LogP contribution in [0.2, 0.25) is 0 Å². The van der Waals surface area contributed by atoms with Crippen LogP contribution in [-0.2, 0) is 0 Å². The van der Waals surface area contributed by atoms with Crippen molar-refractivity contribution < 1.29 is 28.9 Å². The molecule has 0 aliphatic heterocycles. The zero-order chi connectivity index (χ0) is 12.3. The summed E-state index contributed by atoms with van der Waals surface area (Å²) in [5.74, 6) is -2.26. The Morgan fingerprint density at radius 2 is 1.75 bits per heavy atom. The van der Waals surface area contributed by atoms with E-state index in [4.69, 9.17) is 10.2 Å². The average molecular weight is 232 g/mol. The topological polar surface area (TPSA) is 77.8 Å². The first-order valence-corrected chi connectivity index (χ1v) is 4.42. The van der Waals surface area contributed by atoms with Gasteiger partial charge in [0.25, 0.3) is 0 Å². The van der Waals surface area contributed by atoms with Gasteiger partial charge >= 0.3 is 0 Å². The number of hydrogen-bond donors (Lipinski definition) is 3. The summed E-state index contributed by atoms with van der Waals surface area (Å²) in [6.45, 7) is -0.750. The Bertz CT molecular complexity index is 371. The normalized spacial score (nSPS) is 14.6. The second kappa shape index (κ2) is 5.11. The molecule has 16 heavy (non-hydrogen) atoms. The summed E-state index contributed by atoms with van der Waals surface area (Å²) in [7, 11) is 0. The van der Waals surface area contributed by atoms with E-state index < -0.39 is 36.0 Å². The minimum absolute atomic E-state index is 0.0172. The lowest BCUT2D eigenvalue weighted by atomic mass is 10.0. The maximum absolute atomic E-state index is 13.1. The summed E-state index contributed by atoms with van der Waals surface area (Å²) < 4.78 is 26.2. The van der Waals surface area contributed by atoms with Gasteiger partial charge in [-0.05, 0) is 17.7 Å². The van der Waals surface area contributed by atoms with Gasteiger partial charge < -0.3 is 15.3 Å². The van der Waals surface area contributed by atoms with E-state index in [0.717, 1.165) is 12.1 Å². The molecule has 0 aliphatic rings. The minimum Gasteiger partial charge on any atom is -0.394 e. The van der Waals surface area contributed by atoms with Gasteiger partial charge in [-0.2, -0.15) is 0 Å². The van der Waals surface area contributed by atoms with E-state index in [1.165, 1.54) is 0 Å². The van der Waals surface area contributed by atoms with Crippen LogP contribution in [0.5, 0.6) is 0 Å². The highest BCUT2D eigenvalue weighted by Crippen LogP contribution is 2.21. The van der Waals surface area contributed by atoms with E-state index in [1.54, 1.807) is 0 Å². The quantitative estimate of drug-likeness (QED) is 0.646. The molecule has 0 aliphatic carbocycles. The van der Waals surface area contributed by atoms with Crippen molar-refractivity contribution >= 4 is 6.29 Å². The molecule has 2 atom stereocenters. The first-order chi connectivity index (χ1) is 7.51. The molecule has 88 valence electrons. The van der Waals surface area contributed by atoms with Crippen LogP contribution in [0.1, 0.15) is 22.0 Å². The molecule has 1 aromatic carbocycles. The summed E-state index contributed by atoms with van der Waals surface area (Å²) in [6.07, 6.45) is -3.14. The number of carbonyl (C=O) groups is 1. The Balaban J connectivity index is 3.13. The van der Waals surface area contributed by atoms with Gasteiger partial charge in [-0.3, -0.25) is 4.79 Å². The van der Waals surface area contributed by atoms with Crippen LogP contribution in [0.25, 0.3) is 0 Å². The fourth-order valence-electron chi connectivity index (χ4n) is 1.21. The third-order valence-corrected chi connectivity index (χ3v) is 2.11. The average Bonchev–Trinajstić information content (AvgIpc) is 2.26. The van der Waals surface area contributed by atoms with Crippen molar-refractivity contribution in [1.29, 1.82) is 0 Å². The van der Waals surface area contributed by atoms with Crippen LogP contribution >= 0.6 is 0 Å². The van der Waals surface area contributed by atoms with E-state index in [9.17, 15) is 18.7 Å². The summed E-state index contributed by atoms with van der Waals surface area (Å²) in [6, 6.07) is 1.46. The Morgan fingerprint density at radius 3 is 2.12 bits per heavy atom. The van der Waals surface area contributed by atoms with E-state index in [2.05, 4.69) is 0 Å². The van der Waals surface area contributed by atoms with Crippen LogP contribution in [0.15, 0.2) is 12.1 Å². The molecule has 6 heteroatoms. The van der Waals surface area contributed by atoms with Crippen molar-refractivity contribution in [3.8, 4) is 0 Å². The SMILES string of the molecule is O=Cc1c(F)cc(C(O)C(O)CO)cc1F. The van der Waals surface area contributed by atoms with Gasteiger partial charge in [0.2, 0.25) is 0 Å². The van der Waals surface area contributed by atoms with E-state index in [-0.39, 0.29) is 11.8 Å². The standard InChI is InChI=1S/C10H10F2O4/c11-7-1-5(10(16)9(15)4-14)2-8(12)6(7)3-13/h1-3,9-10,14-16H,4H2. The van der Waals surface area contributed by atoms with Gasteiger partial charge in [0.1, 0.15) is 23.8 Å². The number of rotatable bonds is 4. The molecule has 1 aromatic rings. The van der Waals surface area contributed by atoms with Crippen molar-refractivity contribution in [3.63, 3.8) is 0 Å². The fraction of sp³-hybridized carbons (Fsp3) is 0.300. The smallest absolute Gasteiger partial charge is 0.155 e. The number of hydrogen-bond acceptors (Lipinski definition) is 4. The first kappa shape index (κ1) is 12.7. The maximum Gasteiger partial charge on any atom is 0.155 e. The Morgan fingerprint density at radius 1 is 1.25 bits per heavy atom. The van der Waals surface area contributed by atoms with Gasteiger partial charge in [0, 0.05) is 0 Å². The molecule has 0 spiro atoms. The van der Waals surface area contributed by atoms with Gasteiger partial charge in [0.15, 0.2) is 6.29 Å². The third-order valence-electron chi connectivity index (χ3n) is 2.11. The zero-order valence-electron chi connectivity index (χ0n) is 8.10. The molecule has 0 fully saturated rings. The molecule has 1 rings (SSSR count). The van der Waals surface area contributed by atoms with Crippen LogP contribution < -0.4 is 0 Å². The third kappa shape index (κ3) is 2.41. The zero-order valence-corrected chi connectivity index (χ0v) is 8.10. The summed E-state index contributed by atoms with van der Waals surface area (Å²) in [4.78, 5) is 10.3. The van der Waals surface area contributed by atoms with Crippen molar-refractivity contribution in [1.82, 2.24) is 0 Å². The molecule has 3 N–H and O–H groups in total. The van der Waals surface area contributed by atoms with Crippen LogP contribution in [0.3, 0.4) is 0 Å². The lowest BCUT2D eigenvalue weighted by Gasteiger charge is -2.16. The van der Waals surface area contributed by atoms with Crippen molar-refractivity contribution in [2.75, 3.05) is 6.61 Å². The van der Waals surface area contributed by atoms with Gasteiger partial charge in [-0.25, -0.2) is 8.78 Å².